The second-order valence-corrected chi connectivity index (χ2v) is 6.10. The molecule has 4 heteroatoms. The van der Waals surface area contributed by atoms with Crippen molar-refractivity contribution in [2.45, 2.75) is 25.4 Å². The lowest BCUT2D eigenvalue weighted by Crippen LogP contribution is -2.30. The van der Waals surface area contributed by atoms with Gasteiger partial charge in [0.2, 0.25) is 0 Å². The minimum Gasteiger partial charge on any atom is -0.313 e. The van der Waals surface area contributed by atoms with Crippen LogP contribution in [-0.4, -0.2) is 31.1 Å². The fourth-order valence-corrected chi connectivity index (χ4v) is 2.77. The van der Waals surface area contributed by atoms with Crippen molar-refractivity contribution in [3.63, 3.8) is 0 Å². The third-order valence-corrected chi connectivity index (χ3v) is 3.55. The van der Waals surface area contributed by atoms with Gasteiger partial charge >= 0.3 is 0 Å². The summed E-state index contributed by atoms with van der Waals surface area (Å²) in [5.74, 6) is 0. The predicted molar refractivity (Wildman–Crippen MR) is 76.5 cm³/mol. The molecule has 0 atom stereocenters. The molecular weight excluding hydrogens is 300 g/mol. The first-order valence-electron chi connectivity index (χ1n) is 6.00. The zero-order chi connectivity index (χ0) is 12.3. The molecule has 1 aromatic carbocycles. The van der Waals surface area contributed by atoms with Gasteiger partial charge in [-0.3, -0.25) is 0 Å². The summed E-state index contributed by atoms with van der Waals surface area (Å²) in [5, 5.41) is 4.31. The number of benzene rings is 1. The van der Waals surface area contributed by atoms with Crippen LogP contribution >= 0.6 is 27.5 Å². The average molecular weight is 318 g/mol. The number of nitrogens with zero attached hydrogens (tertiary/aromatic N) is 1. The zero-order valence-electron chi connectivity index (χ0n) is 10.0. The zero-order valence-corrected chi connectivity index (χ0v) is 12.4. The van der Waals surface area contributed by atoms with Crippen LogP contribution in [-0.2, 0) is 6.54 Å². The molecule has 1 saturated carbocycles. The fourth-order valence-electron chi connectivity index (χ4n) is 1.84. The Morgan fingerprint density at radius 3 is 2.82 bits per heavy atom. The smallest absolute Gasteiger partial charge is 0.0420 e. The maximum atomic E-state index is 6.03. The Morgan fingerprint density at radius 1 is 1.41 bits per heavy atom. The molecule has 1 N–H and O–H groups in total. The van der Waals surface area contributed by atoms with Gasteiger partial charge in [-0.05, 0) is 43.7 Å². The number of hydrogen-bond acceptors (Lipinski definition) is 2. The molecule has 2 rings (SSSR count). The summed E-state index contributed by atoms with van der Waals surface area (Å²) < 4.78 is 1.05. The summed E-state index contributed by atoms with van der Waals surface area (Å²) in [5.41, 5.74) is 1.25. The monoisotopic (exact) mass is 316 g/mol. The van der Waals surface area contributed by atoms with Gasteiger partial charge in [0.15, 0.2) is 0 Å². The maximum Gasteiger partial charge on any atom is 0.0420 e. The quantitative estimate of drug-likeness (QED) is 0.866. The summed E-state index contributed by atoms with van der Waals surface area (Å²) >= 11 is 9.49. The van der Waals surface area contributed by atoms with Crippen LogP contribution in [0.5, 0.6) is 0 Å². The standard InChI is InChI=1S/C13H18BrClN2/c1-17(5-4-16-13-2-3-13)9-10-6-11(14)8-12(15)7-10/h6-8,13,16H,2-5,9H2,1H3. The molecular formula is C13H18BrClN2. The molecule has 1 aliphatic rings. The number of likely N-dealkylation sites (N-methyl/N-ethyl adjacent to an activating group) is 1. The first kappa shape index (κ1) is 13.3. The van der Waals surface area contributed by atoms with E-state index < -0.39 is 0 Å². The van der Waals surface area contributed by atoms with Crippen molar-refractivity contribution in [2.75, 3.05) is 20.1 Å². The van der Waals surface area contributed by atoms with Crippen molar-refractivity contribution in [3.05, 3.63) is 33.3 Å². The van der Waals surface area contributed by atoms with Crippen LogP contribution in [0.3, 0.4) is 0 Å². The van der Waals surface area contributed by atoms with Gasteiger partial charge in [-0.2, -0.15) is 0 Å². The molecule has 1 fully saturated rings. The lowest BCUT2D eigenvalue weighted by molar-refractivity contribution is 0.324. The third-order valence-electron chi connectivity index (χ3n) is 2.88. The lowest BCUT2D eigenvalue weighted by Gasteiger charge is -2.17. The highest BCUT2D eigenvalue weighted by atomic mass is 79.9. The minimum absolute atomic E-state index is 0.791. The average Bonchev–Trinajstić information content (AvgIpc) is 2.99. The largest absolute Gasteiger partial charge is 0.313 e. The fraction of sp³-hybridized carbons (Fsp3) is 0.538. The SMILES string of the molecule is CN(CCNC1CC1)Cc1cc(Cl)cc(Br)c1. The van der Waals surface area contributed by atoms with E-state index in [2.05, 4.69) is 39.3 Å². The maximum absolute atomic E-state index is 6.03. The molecule has 0 radical (unpaired) electrons. The van der Waals surface area contributed by atoms with Gasteiger partial charge in [0.1, 0.15) is 0 Å². The molecule has 0 bridgehead atoms. The van der Waals surface area contributed by atoms with E-state index in [1.807, 2.05) is 12.1 Å². The molecule has 0 amide bonds. The van der Waals surface area contributed by atoms with Gasteiger partial charge in [0.05, 0.1) is 0 Å². The van der Waals surface area contributed by atoms with Crippen molar-refractivity contribution < 1.29 is 0 Å². The van der Waals surface area contributed by atoms with E-state index in [0.717, 1.165) is 35.2 Å². The topological polar surface area (TPSA) is 15.3 Å². The summed E-state index contributed by atoms with van der Waals surface area (Å²) in [6.07, 6.45) is 2.70. The Bertz CT molecular complexity index is 359. The van der Waals surface area contributed by atoms with E-state index >= 15 is 0 Å². The molecule has 0 spiro atoms. The number of nitrogens with one attached hydrogen (secondary N) is 1. The van der Waals surface area contributed by atoms with Crippen LogP contribution in [0.2, 0.25) is 5.02 Å². The van der Waals surface area contributed by atoms with Crippen LogP contribution in [0.4, 0.5) is 0 Å². The highest BCUT2D eigenvalue weighted by Gasteiger charge is 2.19. The summed E-state index contributed by atoms with van der Waals surface area (Å²) in [6, 6.07) is 6.86. The number of hydrogen-bond donors (Lipinski definition) is 1. The highest BCUT2D eigenvalue weighted by Crippen LogP contribution is 2.20. The van der Waals surface area contributed by atoms with Crippen LogP contribution in [0, 0.1) is 0 Å². The van der Waals surface area contributed by atoms with E-state index in [9.17, 15) is 0 Å². The van der Waals surface area contributed by atoms with E-state index in [1.165, 1.54) is 18.4 Å². The first-order valence-corrected chi connectivity index (χ1v) is 7.17. The van der Waals surface area contributed by atoms with Gasteiger partial charge in [0.25, 0.3) is 0 Å². The Kier molecular flexibility index (Phi) is 4.86. The van der Waals surface area contributed by atoms with E-state index in [4.69, 9.17) is 11.6 Å². The van der Waals surface area contributed by atoms with Gasteiger partial charge in [-0.1, -0.05) is 27.5 Å². The van der Waals surface area contributed by atoms with Crippen LogP contribution in [0.1, 0.15) is 18.4 Å². The molecule has 1 aromatic rings. The lowest BCUT2D eigenvalue weighted by atomic mass is 10.2. The van der Waals surface area contributed by atoms with Gasteiger partial charge < -0.3 is 10.2 Å². The Balaban J connectivity index is 1.77. The molecule has 17 heavy (non-hydrogen) atoms. The van der Waals surface area contributed by atoms with Gasteiger partial charge in [-0.25, -0.2) is 0 Å². The van der Waals surface area contributed by atoms with Gasteiger partial charge in [-0.15, -0.1) is 0 Å². The molecule has 0 saturated heterocycles. The molecule has 0 unspecified atom stereocenters. The van der Waals surface area contributed by atoms with Crippen LogP contribution in [0.25, 0.3) is 0 Å². The predicted octanol–water partition coefficient (Wildman–Crippen LogP) is 3.29. The third kappa shape index (κ3) is 4.96. The van der Waals surface area contributed by atoms with E-state index in [-0.39, 0.29) is 0 Å². The molecule has 1 aliphatic carbocycles. The Morgan fingerprint density at radius 2 is 2.18 bits per heavy atom. The molecule has 94 valence electrons. The highest BCUT2D eigenvalue weighted by molar-refractivity contribution is 9.10. The van der Waals surface area contributed by atoms with Crippen molar-refractivity contribution in [3.8, 4) is 0 Å². The second kappa shape index (κ2) is 6.19. The Hall–Kier alpha value is -0.0900. The van der Waals surface area contributed by atoms with Crippen molar-refractivity contribution >= 4 is 27.5 Å². The summed E-state index contributed by atoms with van der Waals surface area (Å²) in [4.78, 5) is 2.31. The first-order chi connectivity index (χ1) is 8.13. The van der Waals surface area contributed by atoms with Crippen molar-refractivity contribution in [2.24, 2.45) is 0 Å². The molecule has 0 heterocycles. The van der Waals surface area contributed by atoms with Crippen molar-refractivity contribution in [1.82, 2.24) is 10.2 Å². The summed E-state index contributed by atoms with van der Waals surface area (Å²) in [7, 11) is 2.14. The van der Waals surface area contributed by atoms with E-state index in [1.54, 1.807) is 0 Å². The molecule has 0 aliphatic heterocycles. The molecule has 2 nitrogen and oxygen atoms in total. The Labute approximate surface area is 116 Å². The number of rotatable bonds is 6. The van der Waals surface area contributed by atoms with Crippen LogP contribution < -0.4 is 5.32 Å². The summed E-state index contributed by atoms with van der Waals surface area (Å²) in [6.45, 7) is 3.08. The number of halogens is 2. The van der Waals surface area contributed by atoms with Crippen molar-refractivity contribution in [1.29, 1.82) is 0 Å². The second-order valence-electron chi connectivity index (χ2n) is 4.74. The van der Waals surface area contributed by atoms with Crippen LogP contribution in [0.15, 0.2) is 22.7 Å². The molecule has 0 aromatic heterocycles. The minimum atomic E-state index is 0.791. The normalized spacial score (nSPS) is 15.5. The van der Waals surface area contributed by atoms with E-state index in [0.29, 0.717) is 0 Å². The van der Waals surface area contributed by atoms with Gasteiger partial charge in [0, 0.05) is 35.2 Å².